The third-order valence-electron chi connectivity index (χ3n) is 4.71. The summed E-state index contributed by atoms with van der Waals surface area (Å²) in [5.41, 5.74) is 8.83. The van der Waals surface area contributed by atoms with Crippen molar-refractivity contribution in [2.24, 2.45) is 5.73 Å². The Bertz CT molecular complexity index is 490. The number of ether oxygens (including phenoxy) is 2. The second-order valence-electron chi connectivity index (χ2n) is 6.10. The van der Waals surface area contributed by atoms with Gasteiger partial charge in [0.2, 0.25) is 0 Å². The van der Waals surface area contributed by atoms with Crippen molar-refractivity contribution in [2.75, 3.05) is 27.3 Å². The summed E-state index contributed by atoms with van der Waals surface area (Å²) in [6, 6.07) is 4.23. The van der Waals surface area contributed by atoms with Crippen molar-refractivity contribution < 1.29 is 9.47 Å². The molecule has 2 N–H and O–H groups in total. The fourth-order valence-corrected chi connectivity index (χ4v) is 3.27. The summed E-state index contributed by atoms with van der Waals surface area (Å²) in [6.45, 7) is 7.19. The number of hydrogen-bond donors (Lipinski definition) is 1. The van der Waals surface area contributed by atoms with E-state index in [1.165, 1.54) is 11.1 Å². The molecule has 1 aliphatic heterocycles. The lowest BCUT2D eigenvalue weighted by Gasteiger charge is -2.43. The number of nitrogens with zero attached hydrogens (tertiary/aromatic N) is 1. The van der Waals surface area contributed by atoms with Gasteiger partial charge in [-0.25, -0.2) is 0 Å². The molecule has 1 atom stereocenters. The van der Waals surface area contributed by atoms with Gasteiger partial charge in [0.05, 0.1) is 14.2 Å². The molecule has 0 saturated heterocycles. The number of benzene rings is 1. The highest BCUT2D eigenvalue weighted by Crippen LogP contribution is 2.35. The Labute approximate surface area is 128 Å². The molecule has 21 heavy (non-hydrogen) atoms. The maximum absolute atomic E-state index is 6.06. The van der Waals surface area contributed by atoms with Crippen LogP contribution in [0.25, 0.3) is 0 Å². The normalized spacial score (nSPS) is 18.0. The highest BCUT2D eigenvalue weighted by atomic mass is 16.5. The molecule has 1 unspecified atom stereocenters. The van der Waals surface area contributed by atoms with Gasteiger partial charge in [-0.05, 0) is 43.0 Å². The lowest BCUT2D eigenvalue weighted by atomic mass is 9.89. The summed E-state index contributed by atoms with van der Waals surface area (Å²) in [5.74, 6) is 1.63. The number of fused-ring (bicyclic) bond motifs is 1. The van der Waals surface area contributed by atoms with E-state index in [1.54, 1.807) is 14.2 Å². The van der Waals surface area contributed by atoms with Crippen molar-refractivity contribution in [3.8, 4) is 11.5 Å². The Hall–Kier alpha value is -1.26. The molecule has 0 saturated carbocycles. The Morgan fingerprint density at radius 3 is 2.33 bits per heavy atom. The van der Waals surface area contributed by atoms with Gasteiger partial charge in [0.25, 0.3) is 0 Å². The molecule has 0 aliphatic carbocycles. The van der Waals surface area contributed by atoms with Crippen LogP contribution in [0, 0.1) is 0 Å². The van der Waals surface area contributed by atoms with Crippen LogP contribution in [0.15, 0.2) is 12.1 Å². The van der Waals surface area contributed by atoms with Crippen LogP contribution < -0.4 is 15.2 Å². The summed E-state index contributed by atoms with van der Waals surface area (Å²) in [4.78, 5) is 2.52. The van der Waals surface area contributed by atoms with Gasteiger partial charge in [-0.1, -0.05) is 13.3 Å². The van der Waals surface area contributed by atoms with Crippen LogP contribution in [-0.4, -0.2) is 37.7 Å². The largest absolute Gasteiger partial charge is 0.493 e. The van der Waals surface area contributed by atoms with E-state index in [0.717, 1.165) is 43.9 Å². The predicted octanol–water partition coefficient (Wildman–Crippen LogP) is 2.58. The first-order valence-corrected chi connectivity index (χ1v) is 7.77. The van der Waals surface area contributed by atoms with E-state index in [4.69, 9.17) is 15.2 Å². The Morgan fingerprint density at radius 2 is 1.81 bits per heavy atom. The number of hydrogen-bond acceptors (Lipinski definition) is 4. The van der Waals surface area contributed by atoms with Crippen molar-refractivity contribution in [3.63, 3.8) is 0 Å². The first kappa shape index (κ1) is 16.1. The molecule has 0 amide bonds. The van der Waals surface area contributed by atoms with Gasteiger partial charge in [-0.15, -0.1) is 0 Å². The molecule has 1 aliphatic rings. The lowest BCUT2D eigenvalue weighted by molar-refractivity contribution is 0.0857. The average Bonchev–Trinajstić information content (AvgIpc) is 2.52. The smallest absolute Gasteiger partial charge is 0.161 e. The molecule has 1 aromatic rings. The van der Waals surface area contributed by atoms with Gasteiger partial charge in [-0.3, -0.25) is 4.90 Å². The van der Waals surface area contributed by atoms with Crippen LogP contribution >= 0.6 is 0 Å². The van der Waals surface area contributed by atoms with Crippen molar-refractivity contribution >= 4 is 0 Å². The van der Waals surface area contributed by atoms with Crippen molar-refractivity contribution in [1.29, 1.82) is 0 Å². The maximum atomic E-state index is 6.06. The van der Waals surface area contributed by atoms with Crippen LogP contribution in [0.2, 0.25) is 0 Å². The van der Waals surface area contributed by atoms with Crippen LogP contribution in [0.3, 0.4) is 0 Å². The van der Waals surface area contributed by atoms with Crippen molar-refractivity contribution in [1.82, 2.24) is 4.90 Å². The minimum Gasteiger partial charge on any atom is -0.493 e. The molecule has 2 rings (SSSR count). The zero-order valence-corrected chi connectivity index (χ0v) is 13.7. The van der Waals surface area contributed by atoms with Crippen LogP contribution in [-0.2, 0) is 13.0 Å². The first-order valence-electron chi connectivity index (χ1n) is 7.77. The topological polar surface area (TPSA) is 47.7 Å². The van der Waals surface area contributed by atoms with E-state index >= 15 is 0 Å². The van der Waals surface area contributed by atoms with Gasteiger partial charge in [0, 0.05) is 25.2 Å². The Kier molecular flexibility index (Phi) is 5.12. The summed E-state index contributed by atoms with van der Waals surface area (Å²) in [5, 5.41) is 0. The maximum Gasteiger partial charge on any atom is 0.161 e. The van der Waals surface area contributed by atoms with Gasteiger partial charge in [-0.2, -0.15) is 0 Å². The highest BCUT2D eigenvalue weighted by Gasteiger charge is 2.32. The minimum absolute atomic E-state index is 0.0829. The molecular formula is C17H28N2O2. The van der Waals surface area contributed by atoms with Gasteiger partial charge in [0.1, 0.15) is 0 Å². The molecule has 0 spiro atoms. The monoisotopic (exact) mass is 292 g/mol. The van der Waals surface area contributed by atoms with Crippen LogP contribution in [0.4, 0.5) is 0 Å². The van der Waals surface area contributed by atoms with Gasteiger partial charge in [0.15, 0.2) is 11.5 Å². The van der Waals surface area contributed by atoms with E-state index in [1.807, 2.05) is 0 Å². The first-order chi connectivity index (χ1) is 10.1. The molecule has 0 aromatic heterocycles. The summed E-state index contributed by atoms with van der Waals surface area (Å²) < 4.78 is 10.8. The average molecular weight is 292 g/mol. The van der Waals surface area contributed by atoms with Crippen molar-refractivity contribution in [3.05, 3.63) is 23.3 Å². The minimum atomic E-state index is 0.0829. The summed E-state index contributed by atoms with van der Waals surface area (Å²) >= 11 is 0. The molecule has 4 nitrogen and oxygen atoms in total. The van der Waals surface area contributed by atoms with E-state index in [-0.39, 0.29) is 5.54 Å². The van der Waals surface area contributed by atoms with E-state index in [2.05, 4.69) is 30.9 Å². The third-order valence-corrected chi connectivity index (χ3v) is 4.71. The molecule has 1 heterocycles. The van der Waals surface area contributed by atoms with E-state index in [9.17, 15) is 0 Å². The van der Waals surface area contributed by atoms with Crippen LogP contribution in [0.5, 0.6) is 11.5 Å². The third kappa shape index (κ3) is 3.16. The molecule has 0 radical (unpaired) electrons. The Balaban J connectivity index is 2.27. The zero-order valence-electron chi connectivity index (χ0n) is 13.7. The quantitative estimate of drug-likeness (QED) is 0.875. The number of nitrogens with two attached hydrogens (primary N) is 1. The van der Waals surface area contributed by atoms with Gasteiger partial charge >= 0.3 is 0 Å². The summed E-state index contributed by atoms with van der Waals surface area (Å²) in [7, 11) is 3.37. The second kappa shape index (κ2) is 6.67. The molecule has 1 aromatic carbocycles. The standard InChI is InChI=1S/C17H28N2O2/c1-5-7-17(2,12-18)19-8-6-13-9-15(20-3)16(21-4)10-14(13)11-19/h9-10H,5-8,11-12,18H2,1-4H3. The summed E-state index contributed by atoms with van der Waals surface area (Å²) in [6.07, 6.45) is 3.32. The number of methoxy groups -OCH3 is 2. The molecule has 118 valence electrons. The zero-order chi connectivity index (χ0) is 15.5. The second-order valence-corrected chi connectivity index (χ2v) is 6.10. The van der Waals surface area contributed by atoms with E-state index in [0.29, 0.717) is 6.54 Å². The molecule has 4 heteroatoms. The highest BCUT2D eigenvalue weighted by molar-refractivity contribution is 5.48. The lowest BCUT2D eigenvalue weighted by Crippen LogP contribution is -2.53. The molecule has 0 fully saturated rings. The number of rotatable bonds is 6. The predicted molar refractivity (Wildman–Crippen MR) is 86.0 cm³/mol. The van der Waals surface area contributed by atoms with E-state index < -0.39 is 0 Å². The fraction of sp³-hybridized carbons (Fsp3) is 0.647. The van der Waals surface area contributed by atoms with Gasteiger partial charge < -0.3 is 15.2 Å². The molecule has 0 bridgehead atoms. The fourth-order valence-electron chi connectivity index (χ4n) is 3.27. The van der Waals surface area contributed by atoms with Crippen LogP contribution in [0.1, 0.15) is 37.8 Å². The SMILES string of the molecule is CCCC(C)(CN)N1CCc2cc(OC)c(OC)cc2C1. The van der Waals surface area contributed by atoms with Crippen molar-refractivity contribution in [2.45, 2.75) is 45.2 Å². The molecular weight excluding hydrogens is 264 g/mol. The Morgan fingerprint density at radius 1 is 1.19 bits per heavy atom.